The van der Waals surface area contributed by atoms with E-state index in [-0.39, 0.29) is 6.04 Å². The fraction of sp³-hybridized carbons (Fsp3) is 0.571. The van der Waals surface area contributed by atoms with Crippen LogP contribution in [-0.4, -0.2) is 24.8 Å². The van der Waals surface area contributed by atoms with Crippen molar-refractivity contribution in [3.05, 3.63) is 29.3 Å². The molecule has 0 saturated carbocycles. The van der Waals surface area contributed by atoms with E-state index in [4.69, 9.17) is 4.74 Å². The van der Waals surface area contributed by atoms with Gasteiger partial charge in [0.25, 0.3) is 0 Å². The second kappa shape index (κ2) is 4.67. The van der Waals surface area contributed by atoms with Gasteiger partial charge in [-0.3, -0.25) is 0 Å². The first-order chi connectivity index (χ1) is 8.05. The zero-order valence-electron chi connectivity index (χ0n) is 10.8. The van der Waals surface area contributed by atoms with Crippen molar-refractivity contribution in [1.82, 2.24) is 5.32 Å². The van der Waals surface area contributed by atoms with Crippen LogP contribution >= 0.6 is 0 Å². The summed E-state index contributed by atoms with van der Waals surface area (Å²) in [4.78, 5) is 0. The fourth-order valence-electron chi connectivity index (χ4n) is 2.57. The van der Waals surface area contributed by atoms with E-state index in [0.717, 1.165) is 36.3 Å². The Labute approximate surface area is 103 Å². The zero-order valence-corrected chi connectivity index (χ0v) is 10.8. The monoisotopic (exact) mass is 235 g/mol. The summed E-state index contributed by atoms with van der Waals surface area (Å²) in [6.45, 7) is 4.87. The van der Waals surface area contributed by atoms with E-state index in [1.54, 1.807) is 7.11 Å². The Morgan fingerprint density at radius 1 is 1.47 bits per heavy atom. The Morgan fingerprint density at radius 3 is 2.82 bits per heavy atom. The highest BCUT2D eigenvalue weighted by Gasteiger charge is 2.37. The quantitative estimate of drug-likeness (QED) is 0.841. The van der Waals surface area contributed by atoms with E-state index < -0.39 is 5.60 Å². The van der Waals surface area contributed by atoms with Crippen molar-refractivity contribution in [2.75, 3.05) is 13.7 Å². The molecule has 3 nitrogen and oxygen atoms in total. The van der Waals surface area contributed by atoms with Crippen molar-refractivity contribution in [2.45, 2.75) is 38.3 Å². The molecule has 0 radical (unpaired) electrons. The molecule has 1 aliphatic heterocycles. The van der Waals surface area contributed by atoms with Crippen LogP contribution in [0.3, 0.4) is 0 Å². The minimum Gasteiger partial charge on any atom is -0.496 e. The van der Waals surface area contributed by atoms with Crippen LogP contribution in [0.5, 0.6) is 5.75 Å². The van der Waals surface area contributed by atoms with E-state index in [2.05, 4.69) is 5.32 Å². The smallest absolute Gasteiger partial charge is 0.125 e. The number of nitrogens with one attached hydrogen (secondary N) is 1. The molecule has 2 atom stereocenters. The molecule has 1 saturated heterocycles. The average molecular weight is 235 g/mol. The molecule has 1 aromatic carbocycles. The molecular weight excluding hydrogens is 214 g/mol. The fourth-order valence-corrected chi connectivity index (χ4v) is 2.57. The molecule has 2 rings (SSSR count). The van der Waals surface area contributed by atoms with Crippen LogP contribution < -0.4 is 10.1 Å². The molecule has 0 amide bonds. The number of benzene rings is 1. The van der Waals surface area contributed by atoms with Gasteiger partial charge in [-0.15, -0.1) is 0 Å². The summed E-state index contributed by atoms with van der Waals surface area (Å²) in [6.07, 6.45) is 2.12. The predicted octanol–water partition coefficient (Wildman–Crippen LogP) is 1.96. The lowest BCUT2D eigenvalue weighted by Gasteiger charge is -2.32. The van der Waals surface area contributed by atoms with Crippen molar-refractivity contribution in [3.63, 3.8) is 0 Å². The molecule has 94 valence electrons. The Bertz CT molecular complexity index is 395. The Hall–Kier alpha value is -1.06. The summed E-state index contributed by atoms with van der Waals surface area (Å²) in [6, 6.07) is 6.06. The molecular formula is C14H21NO2. The molecule has 0 aromatic heterocycles. The van der Waals surface area contributed by atoms with Gasteiger partial charge in [-0.2, -0.15) is 0 Å². The van der Waals surface area contributed by atoms with Crippen molar-refractivity contribution in [3.8, 4) is 5.75 Å². The number of ether oxygens (including phenoxy) is 1. The number of aliphatic hydroxyl groups is 1. The third-order valence-corrected chi connectivity index (χ3v) is 3.64. The van der Waals surface area contributed by atoms with E-state index in [0.29, 0.717) is 0 Å². The number of hydrogen-bond donors (Lipinski definition) is 2. The van der Waals surface area contributed by atoms with E-state index in [1.807, 2.05) is 32.0 Å². The lowest BCUT2D eigenvalue weighted by atomic mass is 9.86. The van der Waals surface area contributed by atoms with Gasteiger partial charge >= 0.3 is 0 Å². The molecule has 1 aromatic rings. The van der Waals surface area contributed by atoms with Gasteiger partial charge < -0.3 is 15.2 Å². The number of aryl methyl sites for hydroxylation is 1. The van der Waals surface area contributed by atoms with Gasteiger partial charge in [0, 0.05) is 11.6 Å². The summed E-state index contributed by atoms with van der Waals surface area (Å²) in [5.41, 5.74) is 1.13. The highest BCUT2D eigenvalue weighted by molar-refractivity contribution is 5.41. The molecule has 1 fully saturated rings. The Kier molecular flexibility index (Phi) is 3.40. The molecule has 17 heavy (non-hydrogen) atoms. The lowest BCUT2D eigenvalue weighted by Crippen LogP contribution is -2.43. The van der Waals surface area contributed by atoms with Crippen LogP contribution in [0.4, 0.5) is 0 Å². The SMILES string of the molecule is COc1cc(C)ccc1[C@@](C)(O)[C@@H]1CCCN1. The minimum absolute atomic E-state index is 0.110. The van der Waals surface area contributed by atoms with Gasteiger partial charge in [-0.25, -0.2) is 0 Å². The van der Waals surface area contributed by atoms with E-state index in [1.165, 1.54) is 0 Å². The first kappa shape index (κ1) is 12.4. The third-order valence-electron chi connectivity index (χ3n) is 3.64. The van der Waals surface area contributed by atoms with Gasteiger partial charge in [0.2, 0.25) is 0 Å². The van der Waals surface area contributed by atoms with Crippen molar-refractivity contribution in [1.29, 1.82) is 0 Å². The number of methoxy groups -OCH3 is 1. The van der Waals surface area contributed by atoms with Crippen LogP contribution in [0.25, 0.3) is 0 Å². The molecule has 1 aliphatic rings. The molecule has 0 bridgehead atoms. The highest BCUT2D eigenvalue weighted by atomic mass is 16.5. The van der Waals surface area contributed by atoms with Crippen molar-refractivity contribution < 1.29 is 9.84 Å². The summed E-state index contributed by atoms with van der Waals surface area (Å²) >= 11 is 0. The average Bonchev–Trinajstić information content (AvgIpc) is 2.82. The van der Waals surface area contributed by atoms with Gasteiger partial charge in [0.1, 0.15) is 11.4 Å². The van der Waals surface area contributed by atoms with Gasteiger partial charge in [0.05, 0.1) is 7.11 Å². The third kappa shape index (κ3) is 2.31. The molecule has 0 aliphatic carbocycles. The predicted molar refractivity (Wildman–Crippen MR) is 68.3 cm³/mol. The molecule has 0 unspecified atom stereocenters. The molecule has 3 heteroatoms. The van der Waals surface area contributed by atoms with Crippen LogP contribution in [0.2, 0.25) is 0 Å². The second-order valence-corrected chi connectivity index (χ2v) is 5.00. The van der Waals surface area contributed by atoms with Crippen LogP contribution in [0, 0.1) is 6.92 Å². The number of rotatable bonds is 3. The maximum absolute atomic E-state index is 10.7. The van der Waals surface area contributed by atoms with Crippen LogP contribution in [0.1, 0.15) is 30.9 Å². The van der Waals surface area contributed by atoms with Crippen LogP contribution in [0.15, 0.2) is 18.2 Å². The Morgan fingerprint density at radius 2 is 2.24 bits per heavy atom. The summed E-state index contributed by atoms with van der Waals surface area (Å²) in [5, 5.41) is 14.1. The highest BCUT2D eigenvalue weighted by Crippen LogP contribution is 2.35. The molecule has 1 heterocycles. The van der Waals surface area contributed by atoms with Gasteiger partial charge in [0.15, 0.2) is 0 Å². The normalized spacial score (nSPS) is 23.4. The topological polar surface area (TPSA) is 41.5 Å². The van der Waals surface area contributed by atoms with Gasteiger partial charge in [-0.1, -0.05) is 12.1 Å². The first-order valence-corrected chi connectivity index (χ1v) is 6.16. The van der Waals surface area contributed by atoms with Crippen molar-refractivity contribution in [2.24, 2.45) is 0 Å². The van der Waals surface area contributed by atoms with Gasteiger partial charge in [-0.05, 0) is 44.9 Å². The Balaban J connectivity index is 2.37. The van der Waals surface area contributed by atoms with E-state index in [9.17, 15) is 5.11 Å². The maximum atomic E-state index is 10.7. The van der Waals surface area contributed by atoms with Crippen molar-refractivity contribution >= 4 is 0 Å². The van der Waals surface area contributed by atoms with E-state index >= 15 is 0 Å². The summed E-state index contributed by atoms with van der Waals surface area (Å²) in [5.74, 6) is 0.767. The zero-order chi connectivity index (χ0) is 12.5. The largest absolute Gasteiger partial charge is 0.496 e. The molecule has 2 N–H and O–H groups in total. The second-order valence-electron chi connectivity index (χ2n) is 5.00. The number of hydrogen-bond acceptors (Lipinski definition) is 3. The lowest BCUT2D eigenvalue weighted by molar-refractivity contribution is 0.0196. The standard InChI is InChI=1S/C14H21NO2/c1-10-6-7-11(12(9-10)17-3)14(2,16)13-5-4-8-15-13/h6-7,9,13,15-16H,4-5,8H2,1-3H3/t13-,14+/m0/s1. The summed E-state index contributed by atoms with van der Waals surface area (Å²) < 4.78 is 5.38. The minimum atomic E-state index is -0.879. The first-order valence-electron chi connectivity index (χ1n) is 6.16. The maximum Gasteiger partial charge on any atom is 0.125 e. The summed E-state index contributed by atoms with van der Waals surface area (Å²) in [7, 11) is 1.65. The molecule has 0 spiro atoms. The van der Waals surface area contributed by atoms with Crippen LogP contribution in [-0.2, 0) is 5.60 Å².